The van der Waals surface area contributed by atoms with Crippen LogP contribution in [0.3, 0.4) is 0 Å². The zero-order valence-electron chi connectivity index (χ0n) is 11.4. The Balaban J connectivity index is 2.31. The average Bonchev–Trinajstić information content (AvgIpc) is 2.45. The number of hydrogen-bond acceptors (Lipinski definition) is 4. The molecule has 0 spiro atoms. The molecule has 2 atom stereocenters. The van der Waals surface area contributed by atoms with Crippen molar-refractivity contribution in [1.82, 2.24) is 0 Å². The van der Waals surface area contributed by atoms with Crippen LogP contribution >= 0.6 is 0 Å². The molecule has 2 aromatic rings. The summed E-state index contributed by atoms with van der Waals surface area (Å²) in [7, 11) is 0. The van der Waals surface area contributed by atoms with Crippen LogP contribution in [0.5, 0.6) is 0 Å². The minimum Gasteiger partial charge on any atom is -0.511 e. The van der Waals surface area contributed by atoms with Crippen LogP contribution in [-0.4, -0.2) is 22.3 Å². The van der Waals surface area contributed by atoms with Crippen molar-refractivity contribution in [2.75, 3.05) is 0 Å². The lowest BCUT2D eigenvalue weighted by Gasteiger charge is -2.25. The first-order valence-electron chi connectivity index (χ1n) is 6.64. The van der Waals surface area contributed by atoms with Crippen LogP contribution in [-0.2, 0) is 4.79 Å². The summed E-state index contributed by atoms with van der Waals surface area (Å²) >= 11 is 0. The van der Waals surface area contributed by atoms with E-state index in [0.29, 0.717) is 23.0 Å². The third-order valence-corrected chi connectivity index (χ3v) is 3.91. The molecule has 2 N–H and O–H groups in total. The zero-order valence-corrected chi connectivity index (χ0v) is 11.4. The van der Waals surface area contributed by atoms with E-state index in [2.05, 4.69) is 0 Å². The molecule has 0 heterocycles. The molecule has 0 radical (unpaired) electrons. The topological polar surface area (TPSA) is 74.6 Å². The van der Waals surface area contributed by atoms with Crippen molar-refractivity contribution in [1.29, 1.82) is 0 Å². The van der Waals surface area contributed by atoms with Crippen LogP contribution in [0.25, 0.3) is 16.8 Å². The lowest BCUT2D eigenvalue weighted by molar-refractivity contribution is -0.114. The third kappa shape index (κ3) is 2.04. The van der Waals surface area contributed by atoms with Gasteiger partial charge in [0.15, 0.2) is 5.78 Å². The monoisotopic (exact) mass is 282 g/mol. The van der Waals surface area contributed by atoms with Crippen LogP contribution in [0.15, 0.2) is 36.1 Å². The van der Waals surface area contributed by atoms with Crippen molar-refractivity contribution in [2.24, 2.45) is 5.92 Å². The van der Waals surface area contributed by atoms with Gasteiger partial charge in [-0.3, -0.25) is 4.79 Å². The fourth-order valence-corrected chi connectivity index (χ4v) is 2.80. The first-order chi connectivity index (χ1) is 10.0. The quantitative estimate of drug-likeness (QED) is 0.656. The van der Waals surface area contributed by atoms with Gasteiger partial charge in [0.25, 0.3) is 0 Å². The normalized spacial score (nSPS) is 20.8. The average molecular weight is 282 g/mol. The molecule has 3 rings (SSSR count). The highest BCUT2D eigenvalue weighted by Gasteiger charge is 2.30. The minimum atomic E-state index is -1.10. The van der Waals surface area contributed by atoms with Gasteiger partial charge in [0.2, 0.25) is 0 Å². The summed E-state index contributed by atoms with van der Waals surface area (Å²) in [5, 5.41) is 21.7. The van der Waals surface area contributed by atoms with Crippen molar-refractivity contribution >= 4 is 28.9 Å². The summed E-state index contributed by atoms with van der Waals surface area (Å²) in [4.78, 5) is 22.7. The molecule has 1 aliphatic carbocycles. The number of rotatable bonds is 2. The maximum absolute atomic E-state index is 11.7. The number of Topliss-reactive ketones (excluding diaryl/α,β-unsaturated/α-hetero) is 1. The van der Waals surface area contributed by atoms with Gasteiger partial charge in [0.05, 0.1) is 6.10 Å². The van der Waals surface area contributed by atoms with Gasteiger partial charge in [-0.15, -0.1) is 0 Å². The summed E-state index contributed by atoms with van der Waals surface area (Å²) in [6.07, 6.45) is 0.911. The molecule has 0 saturated carbocycles. The second-order valence-corrected chi connectivity index (χ2v) is 5.24. The van der Waals surface area contributed by atoms with E-state index >= 15 is 0 Å². The van der Waals surface area contributed by atoms with Crippen LogP contribution in [0, 0.1) is 5.92 Å². The predicted molar refractivity (Wildman–Crippen MR) is 79.1 cm³/mol. The van der Waals surface area contributed by atoms with Crippen LogP contribution in [0.2, 0.25) is 0 Å². The lowest BCUT2D eigenvalue weighted by Crippen LogP contribution is -2.20. The number of aldehydes is 1. The van der Waals surface area contributed by atoms with E-state index in [1.807, 2.05) is 6.07 Å². The van der Waals surface area contributed by atoms with E-state index < -0.39 is 12.0 Å². The molecular weight excluding hydrogens is 268 g/mol. The highest BCUT2D eigenvalue weighted by Crippen LogP contribution is 2.37. The summed E-state index contributed by atoms with van der Waals surface area (Å²) in [5.74, 6) is -1.16. The number of aliphatic hydroxyl groups excluding tert-OH is 2. The molecule has 0 aliphatic heterocycles. The smallest absolute Gasteiger partial charge is 0.160 e. The largest absolute Gasteiger partial charge is 0.511 e. The Kier molecular flexibility index (Phi) is 3.11. The van der Waals surface area contributed by atoms with Gasteiger partial charge in [0.1, 0.15) is 18.0 Å². The molecule has 0 fully saturated rings. The molecule has 0 saturated heterocycles. The van der Waals surface area contributed by atoms with Crippen molar-refractivity contribution in [3.8, 4) is 0 Å². The van der Waals surface area contributed by atoms with Gasteiger partial charge >= 0.3 is 0 Å². The second-order valence-electron chi connectivity index (χ2n) is 5.24. The number of fused-ring (bicyclic) bond motifs is 2. The van der Waals surface area contributed by atoms with E-state index in [9.17, 15) is 19.8 Å². The predicted octanol–water partition coefficient (Wildman–Crippen LogP) is 2.80. The van der Waals surface area contributed by atoms with Crippen LogP contribution < -0.4 is 0 Å². The first-order valence-corrected chi connectivity index (χ1v) is 6.64. The highest BCUT2D eigenvalue weighted by molar-refractivity contribution is 6.07. The second kappa shape index (κ2) is 4.82. The minimum absolute atomic E-state index is 0.0591. The maximum atomic E-state index is 11.7. The summed E-state index contributed by atoms with van der Waals surface area (Å²) < 4.78 is 0. The molecule has 0 aromatic heterocycles. The van der Waals surface area contributed by atoms with Gasteiger partial charge in [-0.2, -0.15) is 0 Å². The fourth-order valence-electron chi connectivity index (χ4n) is 2.80. The number of hydrogen-bond donors (Lipinski definition) is 2. The van der Waals surface area contributed by atoms with Crippen LogP contribution in [0.4, 0.5) is 0 Å². The summed E-state index contributed by atoms with van der Waals surface area (Å²) in [6, 6.07) is 8.92. The van der Waals surface area contributed by atoms with Gasteiger partial charge < -0.3 is 15.0 Å². The number of carbonyl (C=O) groups is 2. The number of carbonyl (C=O) groups excluding carboxylic acids is 2. The standard InChI is InChI=1S/C17H14O4/c1-9(19)12-4-2-3-10-5-11-6-16(20)15(8-18)17(21)14(11)7-13(10)12/h2-8,15,17,20-21H,1H3. The zero-order chi connectivity index (χ0) is 15.1. The lowest BCUT2D eigenvalue weighted by atomic mass is 9.84. The van der Waals surface area contributed by atoms with Gasteiger partial charge in [-0.1, -0.05) is 18.2 Å². The molecular formula is C17H14O4. The molecule has 1 aliphatic rings. The van der Waals surface area contributed by atoms with Crippen molar-refractivity contribution in [3.05, 3.63) is 52.8 Å². The maximum Gasteiger partial charge on any atom is 0.160 e. The Morgan fingerprint density at radius 3 is 2.71 bits per heavy atom. The summed E-state index contributed by atoms with van der Waals surface area (Å²) in [6.45, 7) is 1.49. The molecule has 2 unspecified atom stereocenters. The number of ketones is 1. The highest BCUT2D eigenvalue weighted by atomic mass is 16.3. The molecule has 106 valence electrons. The van der Waals surface area contributed by atoms with Crippen molar-refractivity contribution in [3.63, 3.8) is 0 Å². The summed E-state index contributed by atoms with van der Waals surface area (Å²) in [5.41, 5.74) is 1.78. The number of aliphatic hydroxyl groups is 2. The molecule has 2 aromatic carbocycles. The van der Waals surface area contributed by atoms with E-state index in [1.54, 1.807) is 24.3 Å². The molecule has 0 amide bonds. The Labute approximate surface area is 121 Å². The van der Waals surface area contributed by atoms with Crippen LogP contribution in [0.1, 0.15) is 34.5 Å². The number of benzene rings is 2. The molecule has 0 bridgehead atoms. The molecule has 21 heavy (non-hydrogen) atoms. The Morgan fingerprint density at radius 2 is 2.05 bits per heavy atom. The first kappa shape index (κ1) is 13.5. The van der Waals surface area contributed by atoms with Crippen molar-refractivity contribution < 1.29 is 19.8 Å². The van der Waals surface area contributed by atoms with Crippen molar-refractivity contribution in [2.45, 2.75) is 13.0 Å². The van der Waals surface area contributed by atoms with E-state index in [-0.39, 0.29) is 11.5 Å². The third-order valence-electron chi connectivity index (χ3n) is 3.91. The van der Waals surface area contributed by atoms with Gasteiger partial charge in [0, 0.05) is 5.56 Å². The van der Waals surface area contributed by atoms with E-state index in [0.717, 1.165) is 10.8 Å². The Bertz CT molecular complexity index is 789. The van der Waals surface area contributed by atoms with Gasteiger partial charge in [-0.25, -0.2) is 0 Å². The fraction of sp³-hybridized carbons (Fsp3) is 0.176. The SMILES string of the molecule is CC(=O)c1cccc2cc3c(cc12)C(O)C(C=O)C(O)=C3. The Morgan fingerprint density at radius 1 is 1.29 bits per heavy atom. The van der Waals surface area contributed by atoms with E-state index in [4.69, 9.17) is 0 Å². The van der Waals surface area contributed by atoms with E-state index in [1.165, 1.54) is 13.0 Å². The Hall–Kier alpha value is -2.46. The van der Waals surface area contributed by atoms with Gasteiger partial charge in [-0.05, 0) is 47.0 Å². The molecule has 4 heteroatoms. The molecule has 4 nitrogen and oxygen atoms in total.